The van der Waals surface area contributed by atoms with Gasteiger partial charge in [-0.05, 0) is 89.0 Å². The first-order valence-corrected chi connectivity index (χ1v) is 23.9. The summed E-state index contributed by atoms with van der Waals surface area (Å²) in [6, 6.07) is 88.5. The maximum absolute atomic E-state index is 10.3. The molecule has 0 aliphatic rings. The third-order valence-electron chi connectivity index (χ3n) is 13.9. The molecule has 72 heavy (non-hydrogen) atoms. The van der Waals surface area contributed by atoms with Gasteiger partial charge in [-0.25, -0.2) is 9.97 Å². The molecule has 0 fully saturated rings. The monoisotopic (exact) mass is 916 g/mol. The van der Waals surface area contributed by atoms with Crippen LogP contribution in [0.15, 0.2) is 243 Å². The first-order valence-electron chi connectivity index (χ1n) is 23.9. The summed E-state index contributed by atoms with van der Waals surface area (Å²) < 4.78 is 4.78. The SMILES string of the molecule is N#Cc1ccccc1-c1ccc2c(c1)c1cc(-c3ccccc3C#N)ccc1n2-c1cccc(-c2cc(-c3ccccc3)nc(-c3ccccc3)n2)c1-c1ccccc1-n1c2ccccc2c2ccccc21. The third kappa shape index (κ3) is 6.94. The molecule has 0 amide bonds. The van der Waals surface area contributed by atoms with E-state index in [1.807, 2.05) is 84.9 Å². The van der Waals surface area contributed by atoms with E-state index in [2.05, 4.69) is 179 Å². The van der Waals surface area contributed by atoms with Gasteiger partial charge in [-0.2, -0.15) is 10.5 Å². The van der Waals surface area contributed by atoms with Crippen LogP contribution in [-0.2, 0) is 0 Å². The van der Waals surface area contributed by atoms with Crippen molar-refractivity contribution < 1.29 is 0 Å². The zero-order valence-electron chi connectivity index (χ0n) is 38.8. The minimum atomic E-state index is 0.607. The fourth-order valence-corrected chi connectivity index (χ4v) is 10.6. The van der Waals surface area contributed by atoms with Crippen LogP contribution in [0, 0.1) is 22.7 Å². The van der Waals surface area contributed by atoms with Crippen LogP contribution in [0.1, 0.15) is 11.1 Å². The Morgan fingerprint density at radius 1 is 0.306 bits per heavy atom. The first-order chi connectivity index (χ1) is 35.6. The highest BCUT2D eigenvalue weighted by atomic mass is 15.0. The topological polar surface area (TPSA) is 83.2 Å². The quantitative estimate of drug-likeness (QED) is 0.152. The molecule has 3 heterocycles. The largest absolute Gasteiger partial charge is 0.309 e. The van der Waals surface area contributed by atoms with Crippen molar-refractivity contribution in [1.29, 1.82) is 10.5 Å². The van der Waals surface area contributed by atoms with E-state index in [1.54, 1.807) is 0 Å². The molecule has 3 aromatic heterocycles. The predicted molar refractivity (Wildman–Crippen MR) is 293 cm³/mol. The van der Waals surface area contributed by atoms with Crippen molar-refractivity contribution in [3.05, 3.63) is 254 Å². The zero-order valence-corrected chi connectivity index (χ0v) is 38.8. The van der Waals surface area contributed by atoms with Gasteiger partial charge in [-0.1, -0.05) is 176 Å². The minimum absolute atomic E-state index is 0.607. The van der Waals surface area contributed by atoms with Crippen LogP contribution in [0.4, 0.5) is 0 Å². The Morgan fingerprint density at radius 2 is 0.750 bits per heavy atom. The van der Waals surface area contributed by atoms with Crippen molar-refractivity contribution in [2.24, 2.45) is 0 Å². The lowest BCUT2D eigenvalue weighted by molar-refractivity contribution is 1.15. The molecule has 0 N–H and O–H groups in total. The number of nitriles is 2. The lowest BCUT2D eigenvalue weighted by Gasteiger charge is -2.22. The summed E-state index contributed by atoms with van der Waals surface area (Å²) in [6.07, 6.45) is 0. The summed E-state index contributed by atoms with van der Waals surface area (Å²) in [4.78, 5) is 10.7. The van der Waals surface area contributed by atoms with Gasteiger partial charge < -0.3 is 9.13 Å². The molecule has 13 rings (SSSR count). The molecular weight excluding hydrogens is 877 g/mol. The number of rotatable bonds is 8. The van der Waals surface area contributed by atoms with Crippen molar-refractivity contribution in [2.45, 2.75) is 0 Å². The zero-order chi connectivity index (χ0) is 48.1. The molecule has 0 saturated carbocycles. The number of fused-ring (bicyclic) bond motifs is 6. The second-order valence-electron chi connectivity index (χ2n) is 17.9. The average Bonchev–Trinajstić information content (AvgIpc) is 3.97. The van der Waals surface area contributed by atoms with Gasteiger partial charge in [0.2, 0.25) is 0 Å². The number of benzene rings is 10. The van der Waals surface area contributed by atoms with Crippen LogP contribution in [0.2, 0.25) is 0 Å². The highest BCUT2D eigenvalue weighted by Crippen LogP contribution is 2.46. The van der Waals surface area contributed by atoms with Crippen molar-refractivity contribution in [3.63, 3.8) is 0 Å². The number of aromatic nitrogens is 4. The Balaban J connectivity index is 1.16. The lowest BCUT2D eigenvalue weighted by Crippen LogP contribution is -2.04. The molecule has 0 atom stereocenters. The molecular formula is C66H40N6. The Morgan fingerprint density at radius 3 is 1.35 bits per heavy atom. The van der Waals surface area contributed by atoms with Crippen LogP contribution < -0.4 is 0 Å². The van der Waals surface area contributed by atoms with Gasteiger partial charge >= 0.3 is 0 Å². The number of hydrogen-bond donors (Lipinski definition) is 0. The fourth-order valence-electron chi connectivity index (χ4n) is 10.6. The highest BCUT2D eigenvalue weighted by Gasteiger charge is 2.25. The van der Waals surface area contributed by atoms with Gasteiger partial charge in [0.25, 0.3) is 0 Å². The van der Waals surface area contributed by atoms with Gasteiger partial charge in [-0.15, -0.1) is 0 Å². The van der Waals surface area contributed by atoms with E-state index in [0.29, 0.717) is 17.0 Å². The van der Waals surface area contributed by atoms with E-state index in [-0.39, 0.29) is 0 Å². The third-order valence-corrected chi connectivity index (χ3v) is 13.9. The standard InChI is InChI=1S/C66H40N6/c67-41-47-22-7-9-24-49(47)45-34-36-62-55(38-45)56-39-46(50-25-10-8-23-48(50)42-68)35-37-63(56)72(62)64-33-17-29-53(58-40-57(43-18-3-1-4-19-43)69-66(70-58)44-20-5-2-6-21-44)65(64)54-28-13-16-32-61(54)71-59-30-14-11-26-51(59)52-27-12-15-31-60(52)71/h1-40H. The molecule has 0 unspecified atom stereocenters. The van der Waals surface area contributed by atoms with Crippen LogP contribution in [-0.4, -0.2) is 19.1 Å². The normalized spacial score (nSPS) is 11.3. The average molecular weight is 917 g/mol. The van der Waals surface area contributed by atoms with Crippen molar-refractivity contribution in [1.82, 2.24) is 19.1 Å². The van der Waals surface area contributed by atoms with E-state index in [4.69, 9.17) is 9.97 Å². The van der Waals surface area contributed by atoms with E-state index < -0.39 is 0 Å². The smallest absolute Gasteiger partial charge is 0.160 e. The lowest BCUT2D eigenvalue weighted by atomic mass is 9.93. The molecule has 0 aliphatic carbocycles. The van der Waals surface area contributed by atoms with Gasteiger partial charge in [0, 0.05) is 49.4 Å². The Hall–Kier alpha value is -10.1. The van der Waals surface area contributed by atoms with Gasteiger partial charge in [0.05, 0.1) is 68.1 Å². The maximum atomic E-state index is 10.3. The van der Waals surface area contributed by atoms with Crippen LogP contribution in [0.25, 0.3) is 122 Å². The van der Waals surface area contributed by atoms with E-state index >= 15 is 0 Å². The number of para-hydroxylation sites is 3. The molecule has 6 heteroatoms. The molecule has 0 radical (unpaired) electrons. The van der Waals surface area contributed by atoms with Crippen LogP contribution in [0.3, 0.4) is 0 Å². The van der Waals surface area contributed by atoms with Crippen molar-refractivity contribution >= 4 is 43.6 Å². The summed E-state index contributed by atoms with van der Waals surface area (Å²) in [5.41, 5.74) is 17.4. The molecule has 10 aromatic carbocycles. The van der Waals surface area contributed by atoms with E-state index in [0.717, 1.165) is 106 Å². The summed E-state index contributed by atoms with van der Waals surface area (Å²) in [6.45, 7) is 0. The molecule has 6 nitrogen and oxygen atoms in total. The molecule has 334 valence electrons. The van der Waals surface area contributed by atoms with Gasteiger partial charge in [0.15, 0.2) is 5.82 Å². The summed E-state index contributed by atoms with van der Waals surface area (Å²) >= 11 is 0. The second-order valence-corrected chi connectivity index (χ2v) is 17.9. The number of hydrogen-bond acceptors (Lipinski definition) is 4. The first kappa shape index (κ1) is 42.0. The number of nitrogens with zero attached hydrogens (tertiary/aromatic N) is 6. The molecule has 0 aliphatic heterocycles. The van der Waals surface area contributed by atoms with Gasteiger partial charge in [-0.3, -0.25) is 0 Å². The summed E-state index contributed by atoms with van der Waals surface area (Å²) in [7, 11) is 0. The fraction of sp³-hybridized carbons (Fsp3) is 0. The highest BCUT2D eigenvalue weighted by molar-refractivity contribution is 6.14. The van der Waals surface area contributed by atoms with Gasteiger partial charge in [0.1, 0.15) is 0 Å². The van der Waals surface area contributed by atoms with Crippen molar-refractivity contribution in [2.75, 3.05) is 0 Å². The molecule has 13 aromatic rings. The van der Waals surface area contributed by atoms with E-state index in [9.17, 15) is 10.5 Å². The molecule has 0 spiro atoms. The minimum Gasteiger partial charge on any atom is -0.309 e. The molecule has 0 bridgehead atoms. The second kappa shape index (κ2) is 17.4. The Bertz CT molecular complexity index is 4130. The predicted octanol–water partition coefficient (Wildman–Crippen LogP) is 16.4. The Kier molecular flexibility index (Phi) is 10.2. The summed E-state index contributed by atoms with van der Waals surface area (Å²) in [5, 5.41) is 24.9. The Labute approximate surface area is 415 Å². The van der Waals surface area contributed by atoms with E-state index in [1.165, 1.54) is 10.8 Å². The summed E-state index contributed by atoms with van der Waals surface area (Å²) in [5.74, 6) is 0.631. The van der Waals surface area contributed by atoms with Crippen LogP contribution >= 0.6 is 0 Å². The molecule has 0 saturated heterocycles. The van der Waals surface area contributed by atoms with Crippen molar-refractivity contribution in [3.8, 4) is 90.8 Å². The van der Waals surface area contributed by atoms with Crippen LogP contribution in [0.5, 0.6) is 0 Å². The maximum Gasteiger partial charge on any atom is 0.160 e.